The van der Waals surface area contributed by atoms with Crippen LogP contribution in [0.1, 0.15) is 31.9 Å². The van der Waals surface area contributed by atoms with E-state index < -0.39 is 9.04 Å². The van der Waals surface area contributed by atoms with Crippen LogP contribution >= 0.6 is 0 Å². The largest absolute Gasteiger partial charge is 0.533 e. The fourth-order valence-electron chi connectivity index (χ4n) is 2.08. The highest BCUT2D eigenvalue weighted by Crippen LogP contribution is 2.30. The van der Waals surface area contributed by atoms with Crippen LogP contribution in [0, 0.1) is 0 Å². The summed E-state index contributed by atoms with van der Waals surface area (Å²) in [5.41, 5.74) is 2.49. The zero-order valence-electron chi connectivity index (χ0n) is 13.1. The Hall–Kier alpha value is -1.55. The van der Waals surface area contributed by atoms with Gasteiger partial charge in [0.1, 0.15) is 0 Å². The van der Waals surface area contributed by atoms with Crippen molar-refractivity contribution in [1.82, 2.24) is 9.78 Å². The molecule has 0 amide bonds. The second-order valence-electron chi connectivity index (χ2n) is 6.45. The van der Waals surface area contributed by atoms with Gasteiger partial charge < -0.3 is 4.43 Å². The van der Waals surface area contributed by atoms with Crippen LogP contribution in [0.5, 0.6) is 5.88 Å². The predicted octanol–water partition coefficient (Wildman–Crippen LogP) is 3.59. The third-order valence-electron chi connectivity index (χ3n) is 3.07. The fourth-order valence-corrected chi connectivity index (χ4v) is 2.70. The second kappa shape index (κ2) is 5.83. The van der Waals surface area contributed by atoms with Crippen molar-refractivity contribution in [2.75, 3.05) is 0 Å². The third kappa shape index (κ3) is 3.73. The minimum Gasteiger partial charge on any atom is -0.533 e. The van der Waals surface area contributed by atoms with E-state index in [9.17, 15) is 0 Å². The molecule has 2 rings (SSSR count). The lowest BCUT2D eigenvalue weighted by molar-refractivity contribution is 0.501. The van der Waals surface area contributed by atoms with Crippen molar-refractivity contribution in [2.45, 2.75) is 45.8 Å². The molecule has 1 aromatic heterocycles. The molecule has 1 heterocycles. The van der Waals surface area contributed by atoms with Crippen LogP contribution in [0.2, 0.25) is 13.1 Å². The molecule has 108 valence electrons. The topological polar surface area (TPSA) is 27.1 Å². The van der Waals surface area contributed by atoms with Crippen molar-refractivity contribution in [3.63, 3.8) is 0 Å². The maximum atomic E-state index is 6.00. The van der Waals surface area contributed by atoms with Crippen molar-refractivity contribution in [1.29, 1.82) is 0 Å². The van der Waals surface area contributed by atoms with Crippen LogP contribution in [-0.2, 0) is 12.0 Å². The Bertz CT molecular complexity index is 556. The molecule has 0 radical (unpaired) electrons. The standard InChI is InChI=1S/C16H24N2OSi/c1-16(2,3)14-12-18(17-15(14)19-20(4)5)11-13-9-7-6-8-10-13/h6-10,12,20H,11H2,1-5H3. The van der Waals surface area contributed by atoms with Crippen molar-refractivity contribution < 1.29 is 4.43 Å². The van der Waals surface area contributed by atoms with Gasteiger partial charge in [-0.2, -0.15) is 0 Å². The third-order valence-corrected chi connectivity index (χ3v) is 3.77. The molecule has 0 saturated heterocycles. The summed E-state index contributed by atoms with van der Waals surface area (Å²) in [6.07, 6.45) is 2.12. The minimum absolute atomic E-state index is 0.0492. The van der Waals surface area contributed by atoms with Crippen LogP contribution in [0.15, 0.2) is 36.5 Å². The van der Waals surface area contributed by atoms with E-state index >= 15 is 0 Å². The number of nitrogens with zero attached hydrogens (tertiary/aromatic N) is 2. The molecule has 0 aliphatic heterocycles. The molecule has 3 nitrogen and oxygen atoms in total. The molecule has 0 N–H and O–H groups in total. The fraction of sp³-hybridized carbons (Fsp3) is 0.438. The highest BCUT2D eigenvalue weighted by molar-refractivity contribution is 6.49. The Morgan fingerprint density at radius 3 is 2.35 bits per heavy atom. The van der Waals surface area contributed by atoms with Crippen molar-refractivity contribution >= 4 is 9.04 Å². The quantitative estimate of drug-likeness (QED) is 0.804. The van der Waals surface area contributed by atoms with Crippen LogP contribution in [-0.4, -0.2) is 18.8 Å². The highest BCUT2D eigenvalue weighted by atomic mass is 28.3. The van der Waals surface area contributed by atoms with E-state index in [2.05, 4.69) is 69.4 Å². The van der Waals surface area contributed by atoms with Crippen LogP contribution in [0.4, 0.5) is 0 Å². The summed E-state index contributed by atoms with van der Waals surface area (Å²) in [6, 6.07) is 10.4. The lowest BCUT2D eigenvalue weighted by Gasteiger charge is -2.19. The monoisotopic (exact) mass is 288 g/mol. The first kappa shape index (κ1) is 14.8. The van der Waals surface area contributed by atoms with Gasteiger partial charge >= 0.3 is 0 Å². The number of rotatable bonds is 4. The van der Waals surface area contributed by atoms with Gasteiger partial charge in [0, 0.05) is 11.8 Å². The Labute approximate surface area is 123 Å². The Morgan fingerprint density at radius 2 is 1.80 bits per heavy atom. The van der Waals surface area contributed by atoms with Crippen molar-refractivity contribution in [3.05, 3.63) is 47.7 Å². The van der Waals surface area contributed by atoms with Crippen molar-refractivity contribution in [3.8, 4) is 5.88 Å². The molecule has 0 saturated carbocycles. The maximum absolute atomic E-state index is 6.00. The van der Waals surface area contributed by atoms with E-state index in [0.717, 1.165) is 12.4 Å². The van der Waals surface area contributed by atoms with Gasteiger partial charge in [-0.1, -0.05) is 51.1 Å². The minimum atomic E-state index is -1.14. The molecule has 1 aromatic carbocycles. The Morgan fingerprint density at radius 1 is 1.15 bits per heavy atom. The van der Waals surface area contributed by atoms with E-state index in [1.807, 2.05) is 10.7 Å². The smallest absolute Gasteiger partial charge is 0.231 e. The molecule has 0 unspecified atom stereocenters. The van der Waals surface area contributed by atoms with Gasteiger partial charge in [-0.05, 0) is 24.1 Å². The summed E-state index contributed by atoms with van der Waals surface area (Å²) in [5, 5.41) is 4.64. The Balaban J connectivity index is 2.29. The average Bonchev–Trinajstić information content (AvgIpc) is 2.72. The first-order chi connectivity index (χ1) is 9.36. The molecule has 4 heteroatoms. The van der Waals surface area contributed by atoms with Gasteiger partial charge in [-0.25, -0.2) is 0 Å². The van der Waals surface area contributed by atoms with E-state index in [1.165, 1.54) is 11.1 Å². The zero-order chi connectivity index (χ0) is 14.8. The van der Waals surface area contributed by atoms with Crippen LogP contribution in [0.25, 0.3) is 0 Å². The number of hydrogen-bond donors (Lipinski definition) is 0. The summed E-state index contributed by atoms with van der Waals surface area (Å²) in [4.78, 5) is 0. The molecular formula is C16H24N2OSi. The molecule has 0 atom stereocenters. The van der Waals surface area contributed by atoms with Crippen LogP contribution < -0.4 is 4.43 Å². The molecule has 2 aromatic rings. The summed E-state index contributed by atoms with van der Waals surface area (Å²) >= 11 is 0. The van der Waals surface area contributed by atoms with E-state index in [-0.39, 0.29) is 5.41 Å². The first-order valence-corrected chi connectivity index (χ1v) is 9.93. The van der Waals surface area contributed by atoms with Gasteiger partial charge in [0.2, 0.25) is 14.9 Å². The molecule has 0 aliphatic rings. The lowest BCUT2D eigenvalue weighted by atomic mass is 9.89. The lowest BCUT2D eigenvalue weighted by Crippen LogP contribution is -2.17. The van der Waals surface area contributed by atoms with Crippen molar-refractivity contribution in [2.24, 2.45) is 0 Å². The number of benzene rings is 1. The molecule has 0 aliphatic carbocycles. The highest BCUT2D eigenvalue weighted by Gasteiger charge is 2.23. The SMILES string of the molecule is C[SiH](C)Oc1nn(Cc2ccccc2)cc1C(C)(C)C. The van der Waals surface area contributed by atoms with Gasteiger partial charge in [-0.15, -0.1) is 5.10 Å². The summed E-state index contributed by atoms with van der Waals surface area (Å²) < 4.78 is 7.99. The predicted molar refractivity (Wildman–Crippen MR) is 86.0 cm³/mol. The van der Waals surface area contributed by atoms with Gasteiger partial charge in [0.15, 0.2) is 0 Å². The molecule has 0 bridgehead atoms. The van der Waals surface area contributed by atoms with Gasteiger partial charge in [-0.3, -0.25) is 4.68 Å². The number of aromatic nitrogens is 2. The van der Waals surface area contributed by atoms with Crippen LogP contribution in [0.3, 0.4) is 0 Å². The number of hydrogen-bond acceptors (Lipinski definition) is 2. The van der Waals surface area contributed by atoms with Gasteiger partial charge in [0.25, 0.3) is 0 Å². The molecular weight excluding hydrogens is 264 g/mol. The zero-order valence-corrected chi connectivity index (χ0v) is 14.2. The first-order valence-electron chi connectivity index (χ1n) is 7.15. The summed E-state index contributed by atoms with van der Waals surface area (Å²) in [6.45, 7) is 11.7. The summed E-state index contributed by atoms with van der Waals surface area (Å²) in [7, 11) is -1.14. The normalized spacial score (nSPS) is 11.9. The summed E-state index contributed by atoms with van der Waals surface area (Å²) in [5.74, 6) is 0.815. The van der Waals surface area contributed by atoms with E-state index in [0.29, 0.717) is 0 Å². The van der Waals surface area contributed by atoms with Gasteiger partial charge in [0.05, 0.1) is 6.54 Å². The second-order valence-corrected chi connectivity index (χ2v) is 8.78. The van der Waals surface area contributed by atoms with E-state index in [4.69, 9.17) is 4.43 Å². The maximum Gasteiger partial charge on any atom is 0.231 e. The average molecular weight is 288 g/mol. The molecule has 0 fully saturated rings. The Kier molecular flexibility index (Phi) is 4.33. The molecule has 0 spiro atoms. The van der Waals surface area contributed by atoms with E-state index in [1.54, 1.807) is 0 Å². The molecule has 20 heavy (non-hydrogen) atoms.